The van der Waals surface area contributed by atoms with E-state index in [1.165, 1.54) is 0 Å². The van der Waals surface area contributed by atoms with Gasteiger partial charge in [-0.1, -0.05) is 15.9 Å². The third-order valence-corrected chi connectivity index (χ3v) is 2.93. The number of nitrogens with zero attached hydrogens (tertiary/aromatic N) is 1. The lowest BCUT2D eigenvalue weighted by Crippen LogP contribution is -2.04. The van der Waals surface area contributed by atoms with Gasteiger partial charge in [-0.25, -0.2) is 0 Å². The van der Waals surface area contributed by atoms with Crippen LogP contribution in [-0.2, 0) is 18.3 Å². The molecule has 2 rings (SSSR count). The molecule has 15 heavy (non-hydrogen) atoms. The maximum atomic E-state index is 10.6. The fourth-order valence-corrected chi connectivity index (χ4v) is 2.08. The van der Waals surface area contributed by atoms with Crippen molar-refractivity contribution in [2.45, 2.75) is 6.42 Å². The maximum Gasteiger partial charge on any atom is 0.309 e. The van der Waals surface area contributed by atoms with E-state index in [1.54, 1.807) is 0 Å². The van der Waals surface area contributed by atoms with E-state index >= 15 is 0 Å². The monoisotopic (exact) mass is 267 g/mol. The Morgan fingerprint density at radius 2 is 2.20 bits per heavy atom. The van der Waals surface area contributed by atoms with Crippen molar-refractivity contribution in [2.75, 3.05) is 0 Å². The molecule has 1 N–H and O–H groups in total. The average molecular weight is 268 g/mol. The van der Waals surface area contributed by atoms with E-state index in [4.69, 9.17) is 5.11 Å². The first-order valence-corrected chi connectivity index (χ1v) is 5.33. The van der Waals surface area contributed by atoms with Crippen LogP contribution in [0.5, 0.6) is 0 Å². The second-order valence-electron chi connectivity index (χ2n) is 3.47. The molecule has 1 aromatic carbocycles. The van der Waals surface area contributed by atoms with E-state index in [2.05, 4.69) is 15.9 Å². The highest BCUT2D eigenvalue weighted by molar-refractivity contribution is 9.10. The molecule has 0 saturated carbocycles. The summed E-state index contributed by atoms with van der Waals surface area (Å²) in [5.41, 5.74) is 1.87. The van der Waals surface area contributed by atoms with Crippen LogP contribution in [0.3, 0.4) is 0 Å². The summed E-state index contributed by atoms with van der Waals surface area (Å²) in [7, 11) is 1.88. The Kier molecular flexibility index (Phi) is 2.52. The first-order chi connectivity index (χ1) is 7.08. The van der Waals surface area contributed by atoms with Crippen molar-refractivity contribution in [3.63, 3.8) is 0 Å². The molecule has 0 bridgehead atoms. The highest BCUT2D eigenvalue weighted by atomic mass is 79.9. The van der Waals surface area contributed by atoms with Gasteiger partial charge in [-0.05, 0) is 24.3 Å². The Morgan fingerprint density at radius 3 is 2.87 bits per heavy atom. The van der Waals surface area contributed by atoms with Gasteiger partial charge in [0.25, 0.3) is 0 Å². The van der Waals surface area contributed by atoms with E-state index in [1.807, 2.05) is 35.9 Å². The molecule has 0 aliphatic rings. The lowest BCUT2D eigenvalue weighted by Gasteiger charge is -2.00. The highest BCUT2D eigenvalue weighted by Gasteiger charge is 2.08. The Hall–Kier alpha value is -1.29. The zero-order valence-corrected chi connectivity index (χ0v) is 9.78. The number of fused-ring (bicyclic) bond motifs is 1. The van der Waals surface area contributed by atoms with Gasteiger partial charge in [0.15, 0.2) is 0 Å². The predicted octanol–water partition coefficient (Wildman–Crippen LogP) is 2.57. The number of halogens is 1. The molecule has 0 aliphatic carbocycles. The first kappa shape index (κ1) is 10.2. The van der Waals surface area contributed by atoms with Crippen LogP contribution >= 0.6 is 15.9 Å². The zero-order valence-electron chi connectivity index (χ0n) is 8.20. The Bertz CT molecular complexity index is 531. The van der Waals surface area contributed by atoms with Crippen molar-refractivity contribution in [3.05, 3.63) is 34.4 Å². The summed E-state index contributed by atoms with van der Waals surface area (Å²) >= 11 is 3.39. The third-order valence-electron chi connectivity index (χ3n) is 2.44. The number of rotatable bonds is 2. The lowest BCUT2D eigenvalue weighted by molar-refractivity contribution is -0.136. The number of carboxylic acid groups (broad SMARTS) is 1. The summed E-state index contributed by atoms with van der Waals surface area (Å²) in [5, 5.41) is 9.81. The van der Waals surface area contributed by atoms with Gasteiger partial charge in [0.1, 0.15) is 0 Å². The normalized spacial score (nSPS) is 10.8. The largest absolute Gasteiger partial charge is 0.481 e. The minimum Gasteiger partial charge on any atom is -0.481 e. The van der Waals surface area contributed by atoms with E-state index in [0.29, 0.717) is 0 Å². The lowest BCUT2D eigenvalue weighted by atomic mass is 10.2. The van der Waals surface area contributed by atoms with Gasteiger partial charge in [0, 0.05) is 28.1 Å². The van der Waals surface area contributed by atoms with Crippen molar-refractivity contribution in [1.82, 2.24) is 4.57 Å². The molecule has 0 aliphatic heterocycles. The topological polar surface area (TPSA) is 42.2 Å². The number of hydrogen-bond acceptors (Lipinski definition) is 1. The summed E-state index contributed by atoms with van der Waals surface area (Å²) in [4.78, 5) is 10.6. The quantitative estimate of drug-likeness (QED) is 0.909. The van der Waals surface area contributed by atoms with Gasteiger partial charge < -0.3 is 9.67 Å². The maximum absolute atomic E-state index is 10.6. The van der Waals surface area contributed by atoms with Crippen LogP contribution in [0.2, 0.25) is 0 Å². The molecular weight excluding hydrogens is 258 g/mol. The van der Waals surface area contributed by atoms with Gasteiger partial charge >= 0.3 is 5.97 Å². The van der Waals surface area contributed by atoms with E-state index in [-0.39, 0.29) is 6.42 Å². The molecule has 0 amide bonds. The van der Waals surface area contributed by atoms with Gasteiger partial charge in [0.05, 0.1) is 6.42 Å². The zero-order chi connectivity index (χ0) is 11.0. The number of hydrogen-bond donors (Lipinski definition) is 1. The molecule has 78 valence electrons. The molecular formula is C11H10BrNO2. The van der Waals surface area contributed by atoms with E-state index < -0.39 is 5.97 Å². The minimum absolute atomic E-state index is 0.0583. The first-order valence-electron chi connectivity index (χ1n) is 4.53. The van der Waals surface area contributed by atoms with Crippen molar-refractivity contribution in [2.24, 2.45) is 7.05 Å². The predicted molar refractivity (Wildman–Crippen MR) is 62.0 cm³/mol. The summed E-state index contributed by atoms with van der Waals surface area (Å²) < 4.78 is 2.91. The molecule has 0 unspecified atom stereocenters. The van der Waals surface area contributed by atoms with Crippen molar-refractivity contribution in [3.8, 4) is 0 Å². The second-order valence-corrected chi connectivity index (χ2v) is 4.38. The Labute approximate surface area is 95.5 Å². The number of carbonyl (C=O) groups is 1. The van der Waals surface area contributed by atoms with Crippen LogP contribution < -0.4 is 0 Å². The number of carboxylic acids is 1. The number of aromatic nitrogens is 1. The van der Waals surface area contributed by atoms with E-state index in [9.17, 15) is 4.79 Å². The molecule has 2 aromatic rings. The smallest absolute Gasteiger partial charge is 0.309 e. The van der Waals surface area contributed by atoms with E-state index in [0.717, 1.165) is 21.1 Å². The van der Waals surface area contributed by atoms with Crippen molar-refractivity contribution >= 4 is 32.8 Å². The molecule has 0 spiro atoms. The number of aliphatic carboxylic acids is 1. The summed E-state index contributed by atoms with van der Waals surface area (Å²) in [6.45, 7) is 0. The minimum atomic E-state index is -0.806. The summed E-state index contributed by atoms with van der Waals surface area (Å²) in [6, 6.07) is 7.83. The van der Waals surface area contributed by atoms with Crippen molar-refractivity contribution in [1.29, 1.82) is 0 Å². The number of benzene rings is 1. The molecule has 1 heterocycles. The van der Waals surface area contributed by atoms with Gasteiger partial charge in [-0.3, -0.25) is 4.79 Å². The second kappa shape index (κ2) is 3.70. The standard InChI is InChI=1S/C11H10BrNO2/c1-13-9(6-11(14)15)5-7-4-8(12)2-3-10(7)13/h2-5H,6H2,1H3,(H,14,15). The summed E-state index contributed by atoms with van der Waals surface area (Å²) in [5.74, 6) is -0.806. The molecule has 0 atom stereocenters. The average Bonchev–Trinajstić information content (AvgIpc) is 2.42. The summed E-state index contributed by atoms with van der Waals surface area (Å²) in [6.07, 6.45) is 0.0583. The molecule has 3 nitrogen and oxygen atoms in total. The Morgan fingerprint density at radius 1 is 1.47 bits per heavy atom. The van der Waals surface area contributed by atoms with Crippen LogP contribution in [-0.4, -0.2) is 15.6 Å². The fraction of sp³-hybridized carbons (Fsp3) is 0.182. The highest BCUT2D eigenvalue weighted by Crippen LogP contribution is 2.23. The van der Waals surface area contributed by atoms with Gasteiger partial charge in [-0.2, -0.15) is 0 Å². The third kappa shape index (κ3) is 1.90. The van der Waals surface area contributed by atoms with Crippen LogP contribution in [0.1, 0.15) is 5.69 Å². The Balaban J connectivity index is 2.58. The molecule has 0 fully saturated rings. The molecule has 1 aromatic heterocycles. The van der Waals surface area contributed by atoms with Gasteiger partial charge in [-0.15, -0.1) is 0 Å². The van der Waals surface area contributed by atoms with Crippen molar-refractivity contribution < 1.29 is 9.90 Å². The fourth-order valence-electron chi connectivity index (χ4n) is 1.70. The number of aryl methyl sites for hydroxylation is 1. The van der Waals surface area contributed by atoms with Crippen LogP contribution in [0.25, 0.3) is 10.9 Å². The molecule has 0 radical (unpaired) electrons. The van der Waals surface area contributed by atoms with Crippen LogP contribution in [0, 0.1) is 0 Å². The van der Waals surface area contributed by atoms with Crippen LogP contribution in [0.4, 0.5) is 0 Å². The van der Waals surface area contributed by atoms with Gasteiger partial charge in [0.2, 0.25) is 0 Å². The van der Waals surface area contributed by atoms with Crippen LogP contribution in [0.15, 0.2) is 28.7 Å². The molecule has 0 saturated heterocycles. The molecule has 4 heteroatoms. The SMILES string of the molecule is Cn1c(CC(=O)O)cc2cc(Br)ccc21.